The Labute approximate surface area is 116 Å². The van der Waals surface area contributed by atoms with Crippen LogP contribution >= 0.6 is 0 Å². The number of fused-ring (bicyclic) bond motifs is 2. The summed E-state index contributed by atoms with van der Waals surface area (Å²) in [6.07, 6.45) is 4.75. The molecule has 0 fully saturated rings. The lowest BCUT2D eigenvalue weighted by Gasteiger charge is -2.00. The van der Waals surface area contributed by atoms with Crippen molar-refractivity contribution < 1.29 is 9.84 Å². The average molecular weight is 263 g/mol. The third-order valence-corrected chi connectivity index (χ3v) is 3.56. The molecule has 0 spiro atoms. The second-order valence-electron chi connectivity index (χ2n) is 5.01. The molecule has 0 saturated heterocycles. The normalized spacial score (nSPS) is 15.5. The third-order valence-electron chi connectivity index (χ3n) is 3.56. The fourth-order valence-electron chi connectivity index (χ4n) is 2.58. The van der Waals surface area contributed by atoms with Crippen molar-refractivity contribution in [1.82, 2.24) is 4.98 Å². The first-order valence-electron chi connectivity index (χ1n) is 6.55. The van der Waals surface area contributed by atoms with Crippen LogP contribution in [0.15, 0.2) is 54.4 Å². The lowest BCUT2D eigenvalue weighted by Crippen LogP contribution is -1.87. The summed E-state index contributed by atoms with van der Waals surface area (Å²) in [7, 11) is 0. The predicted molar refractivity (Wildman–Crippen MR) is 78.7 cm³/mol. The van der Waals surface area contributed by atoms with Gasteiger partial charge in [0.1, 0.15) is 17.3 Å². The van der Waals surface area contributed by atoms with Gasteiger partial charge in [0.15, 0.2) is 0 Å². The highest BCUT2D eigenvalue weighted by molar-refractivity contribution is 5.82. The molecule has 2 heterocycles. The minimum absolute atomic E-state index is 0.235. The van der Waals surface area contributed by atoms with Crippen LogP contribution in [0.25, 0.3) is 17.0 Å². The molecule has 4 rings (SSSR count). The third kappa shape index (κ3) is 1.84. The largest absolute Gasteiger partial charge is 0.508 e. The molecule has 0 atom stereocenters. The quantitative estimate of drug-likeness (QED) is 0.700. The predicted octanol–water partition coefficient (Wildman–Crippen LogP) is 3.85. The zero-order chi connectivity index (χ0) is 13.5. The van der Waals surface area contributed by atoms with Crippen molar-refractivity contribution in [3.63, 3.8) is 0 Å². The molecule has 98 valence electrons. The Bertz CT molecular complexity index is 830. The Balaban J connectivity index is 1.68. The van der Waals surface area contributed by atoms with Crippen molar-refractivity contribution in [3.8, 4) is 11.5 Å². The Kier molecular flexibility index (Phi) is 2.33. The molecule has 0 amide bonds. The van der Waals surface area contributed by atoms with E-state index < -0.39 is 0 Å². The van der Waals surface area contributed by atoms with E-state index in [9.17, 15) is 5.11 Å². The minimum atomic E-state index is 0.235. The number of rotatable bonds is 1. The van der Waals surface area contributed by atoms with Crippen molar-refractivity contribution in [2.75, 3.05) is 0 Å². The van der Waals surface area contributed by atoms with Crippen LogP contribution in [0.5, 0.6) is 11.5 Å². The molecule has 0 aliphatic carbocycles. The first-order chi connectivity index (χ1) is 9.78. The number of aromatic nitrogens is 1. The molecule has 2 aromatic carbocycles. The lowest BCUT2D eigenvalue weighted by atomic mass is 10.1. The molecule has 0 bridgehead atoms. The van der Waals surface area contributed by atoms with Crippen LogP contribution < -0.4 is 4.74 Å². The molecular weight excluding hydrogens is 250 g/mol. The summed E-state index contributed by atoms with van der Waals surface area (Å²) in [5.41, 5.74) is 3.36. The van der Waals surface area contributed by atoms with Gasteiger partial charge in [0.05, 0.1) is 0 Å². The van der Waals surface area contributed by atoms with Gasteiger partial charge >= 0.3 is 0 Å². The van der Waals surface area contributed by atoms with Gasteiger partial charge in [-0.1, -0.05) is 12.1 Å². The summed E-state index contributed by atoms with van der Waals surface area (Å²) >= 11 is 0. The van der Waals surface area contributed by atoms with Crippen LogP contribution in [0, 0.1) is 0 Å². The van der Waals surface area contributed by atoms with Gasteiger partial charge in [-0.05, 0) is 41.3 Å². The van der Waals surface area contributed by atoms with E-state index in [4.69, 9.17) is 4.74 Å². The van der Waals surface area contributed by atoms with E-state index >= 15 is 0 Å². The molecule has 0 radical (unpaired) electrons. The van der Waals surface area contributed by atoms with Crippen LogP contribution in [0.1, 0.15) is 11.1 Å². The first-order valence-corrected chi connectivity index (χ1v) is 6.55. The second-order valence-corrected chi connectivity index (χ2v) is 5.01. The lowest BCUT2D eigenvalue weighted by molar-refractivity contribution is 0.440. The summed E-state index contributed by atoms with van der Waals surface area (Å²) in [6, 6.07) is 13.6. The van der Waals surface area contributed by atoms with Crippen molar-refractivity contribution in [1.29, 1.82) is 0 Å². The van der Waals surface area contributed by atoms with Crippen molar-refractivity contribution in [2.24, 2.45) is 0 Å². The maximum Gasteiger partial charge on any atom is 0.134 e. The SMILES string of the molecule is Oc1ccc2c(c1)O/C(=C\c1ccc3[nH]ccc3c1)C2. The summed E-state index contributed by atoms with van der Waals surface area (Å²) < 4.78 is 5.78. The highest BCUT2D eigenvalue weighted by Crippen LogP contribution is 2.34. The van der Waals surface area contributed by atoms with E-state index in [2.05, 4.69) is 29.2 Å². The number of H-pyrrole nitrogens is 1. The Hall–Kier alpha value is -2.68. The summed E-state index contributed by atoms with van der Waals surface area (Å²) in [5.74, 6) is 1.89. The van der Waals surface area contributed by atoms with Crippen molar-refractivity contribution in [3.05, 3.63) is 65.5 Å². The number of benzene rings is 2. The number of aromatic amines is 1. The van der Waals surface area contributed by atoms with E-state index in [0.29, 0.717) is 0 Å². The van der Waals surface area contributed by atoms with Gasteiger partial charge in [0.25, 0.3) is 0 Å². The summed E-state index contributed by atoms with van der Waals surface area (Å²) in [4.78, 5) is 3.18. The van der Waals surface area contributed by atoms with Gasteiger partial charge in [-0.25, -0.2) is 0 Å². The smallest absolute Gasteiger partial charge is 0.134 e. The molecule has 1 aliphatic heterocycles. The van der Waals surface area contributed by atoms with Gasteiger partial charge in [0, 0.05) is 29.8 Å². The molecule has 20 heavy (non-hydrogen) atoms. The van der Waals surface area contributed by atoms with Crippen LogP contribution in [0.2, 0.25) is 0 Å². The fourth-order valence-corrected chi connectivity index (χ4v) is 2.58. The van der Waals surface area contributed by atoms with Gasteiger partial charge in [-0.3, -0.25) is 0 Å². The molecule has 3 nitrogen and oxygen atoms in total. The number of hydrogen-bond donors (Lipinski definition) is 2. The second kappa shape index (κ2) is 4.17. The van der Waals surface area contributed by atoms with Crippen LogP contribution in [0.4, 0.5) is 0 Å². The first kappa shape index (κ1) is 11.2. The molecule has 0 unspecified atom stereocenters. The number of ether oxygens (including phenoxy) is 1. The summed E-state index contributed by atoms with van der Waals surface area (Å²) in [5, 5.41) is 10.7. The molecule has 0 saturated carbocycles. The van der Waals surface area contributed by atoms with Crippen molar-refractivity contribution >= 4 is 17.0 Å². The van der Waals surface area contributed by atoms with Gasteiger partial charge in [-0.15, -0.1) is 0 Å². The van der Waals surface area contributed by atoms with Crippen LogP contribution in [0.3, 0.4) is 0 Å². The van der Waals surface area contributed by atoms with E-state index in [-0.39, 0.29) is 5.75 Å². The van der Waals surface area contributed by atoms with Crippen LogP contribution in [-0.4, -0.2) is 10.1 Å². The molecule has 1 aromatic heterocycles. The van der Waals surface area contributed by atoms with Crippen molar-refractivity contribution in [2.45, 2.75) is 6.42 Å². The number of allylic oxidation sites excluding steroid dienone is 1. The van der Waals surface area contributed by atoms with E-state index in [0.717, 1.165) is 34.6 Å². The number of phenols is 1. The molecular formula is C17H13NO2. The maximum atomic E-state index is 9.46. The molecule has 3 heteroatoms. The topological polar surface area (TPSA) is 45.2 Å². The monoisotopic (exact) mass is 263 g/mol. The van der Waals surface area contributed by atoms with E-state index in [1.165, 1.54) is 5.39 Å². The van der Waals surface area contributed by atoms with E-state index in [1.54, 1.807) is 12.1 Å². The number of aromatic hydroxyl groups is 1. The Morgan fingerprint density at radius 1 is 1.10 bits per heavy atom. The molecule has 1 aliphatic rings. The number of phenolic OH excluding ortho intramolecular Hbond substituents is 1. The van der Waals surface area contributed by atoms with Gasteiger partial charge < -0.3 is 14.8 Å². The number of nitrogens with one attached hydrogen (secondary N) is 1. The fraction of sp³-hybridized carbons (Fsp3) is 0.0588. The standard InChI is InChI=1S/C17H13NO2/c19-14-3-2-13-9-15(20-17(13)10-14)8-11-1-4-16-12(7-11)5-6-18-16/h1-8,10,18-19H,9H2/b15-8-. The Morgan fingerprint density at radius 2 is 2.05 bits per heavy atom. The highest BCUT2D eigenvalue weighted by Gasteiger charge is 2.17. The van der Waals surface area contributed by atoms with Gasteiger partial charge in [0.2, 0.25) is 0 Å². The number of hydrogen-bond acceptors (Lipinski definition) is 2. The summed E-state index contributed by atoms with van der Waals surface area (Å²) in [6.45, 7) is 0. The highest BCUT2D eigenvalue weighted by atomic mass is 16.5. The maximum absolute atomic E-state index is 9.46. The van der Waals surface area contributed by atoms with Crippen LogP contribution in [-0.2, 0) is 6.42 Å². The minimum Gasteiger partial charge on any atom is -0.508 e. The average Bonchev–Trinajstić information content (AvgIpc) is 3.03. The Morgan fingerprint density at radius 3 is 3.00 bits per heavy atom. The molecule has 3 aromatic rings. The van der Waals surface area contributed by atoms with Gasteiger partial charge in [-0.2, -0.15) is 0 Å². The molecule has 2 N–H and O–H groups in total. The zero-order valence-electron chi connectivity index (χ0n) is 10.8. The van der Waals surface area contributed by atoms with E-state index in [1.807, 2.05) is 18.3 Å². The zero-order valence-corrected chi connectivity index (χ0v) is 10.8.